The van der Waals surface area contributed by atoms with Crippen molar-refractivity contribution in [2.45, 2.75) is 60.4 Å². The number of imidazole rings is 1. The lowest BCUT2D eigenvalue weighted by Crippen LogP contribution is -2.57. The van der Waals surface area contributed by atoms with Crippen molar-refractivity contribution in [3.8, 4) is 0 Å². The highest BCUT2D eigenvalue weighted by molar-refractivity contribution is 6.02. The van der Waals surface area contributed by atoms with Crippen molar-refractivity contribution in [1.82, 2.24) is 24.7 Å². The monoisotopic (exact) mass is 466 g/mol. The van der Waals surface area contributed by atoms with E-state index in [0.29, 0.717) is 18.0 Å². The molecule has 0 saturated carbocycles. The lowest BCUT2D eigenvalue weighted by atomic mass is 10.0. The standard InChI is InChI=1S/C21H26N8O.2C2H6/c1-14-11-28-12-15(10-23-19(28)25-14)26-20(30)29-8-5-16-17(4-6-22-18(16)29)27-9-7-24-21(2,3)13-27;2*1-2/h4,6,10-12,24H,5,7-9,13H2,1-3H3,(H,26,30);2*1-2H3. The number of hydrogen-bond donors (Lipinski definition) is 2. The quantitative estimate of drug-likeness (QED) is 0.586. The van der Waals surface area contributed by atoms with Gasteiger partial charge in [0.15, 0.2) is 0 Å². The summed E-state index contributed by atoms with van der Waals surface area (Å²) in [6.45, 7) is 17.8. The van der Waals surface area contributed by atoms with Crippen molar-refractivity contribution < 1.29 is 4.79 Å². The molecule has 3 aromatic heterocycles. The number of piperazine rings is 1. The molecule has 2 aliphatic rings. The second kappa shape index (κ2) is 10.8. The van der Waals surface area contributed by atoms with Crippen molar-refractivity contribution in [3.63, 3.8) is 0 Å². The Balaban J connectivity index is 0.000000771. The lowest BCUT2D eigenvalue weighted by molar-refractivity contribution is 0.257. The Morgan fingerprint density at radius 3 is 2.62 bits per heavy atom. The third kappa shape index (κ3) is 5.30. The molecule has 0 radical (unpaired) electrons. The highest BCUT2D eigenvalue weighted by atomic mass is 16.2. The van der Waals surface area contributed by atoms with Crippen LogP contribution in [0, 0.1) is 6.92 Å². The first-order valence-corrected chi connectivity index (χ1v) is 12.3. The van der Waals surface area contributed by atoms with Crippen LogP contribution in [0.25, 0.3) is 5.78 Å². The van der Waals surface area contributed by atoms with Crippen LogP contribution in [0.5, 0.6) is 0 Å². The fraction of sp³-hybridized carbons (Fsp3) is 0.520. The van der Waals surface area contributed by atoms with Crippen LogP contribution >= 0.6 is 0 Å². The maximum absolute atomic E-state index is 13.0. The first kappa shape index (κ1) is 25.4. The first-order chi connectivity index (χ1) is 16.4. The van der Waals surface area contributed by atoms with E-state index in [4.69, 9.17) is 0 Å². The van der Waals surface area contributed by atoms with Crippen LogP contribution in [0.2, 0.25) is 0 Å². The van der Waals surface area contributed by atoms with E-state index in [1.54, 1.807) is 17.3 Å². The summed E-state index contributed by atoms with van der Waals surface area (Å²) >= 11 is 0. The molecule has 1 saturated heterocycles. The van der Waals surface area contributed by atoms with Gasteiger partial charge in [0.05, 0.1) is 17.6 Å². The van der Waals surface area contributed by atoms with Crippen LogP contribution < -0.4 is 20.4 Å². The summed E-state index contributed by atoms with van der Waals surface area (Å²) in [5, 5.41) is 6.50. The van der Waals surface area contributed by atoms with E-state index in [-0.39, 0.29) is 11.6 Å². The number of nitrogens with one attached hydrogen (secondary N) is 2. The average Bonchev–Trinajstić information content (AvgIpc) is 3.43. The fourth-order valence-electron chi connectivity index (χ4n) is 4.37. The summed E-state index contributed by atoms with van der Waals surface area (Å²) in [4.78, 5) is 30.3. The molecule has 0 unspecified atom stereocenters. The number of rotatable bonds is 2. The normalized spacial score (nSPS) is 16.2. The van der Waals surface area contributed by atoms with Gasteiger partial charge < -0.3 is 15.5 Å². The van der Waals surface area contributed by atoms with Gasteiger partial charge in [-0.2, -0.15) is 0 Å². The summed E-state index contributed by atoms with van der Waals surface area (Å²) in [5.74, 6) is 1.36. The summed E-state index contributed by atoms with van der Waals surface area (Å²) in [6.07, 6.45) is 7.93. The zero-order valence-corrected chi connectivity index (χ0v) is 21.5. The number of urea groups is 1. The Labute approximate surface area is 202 Å². The smallest absolute Gasteiger partial charge is 0.327 e. The summed E-state index contributed by atoms with van der Waals surface area (Å²) in [6, 6.07) is 1.87. The molecule has 0 bridgehead atoms. The van der Waals surface area contributed by atoms with Crippen molar-refractivity contribution in [2.75, 3.05) is 41.3 Å². The fourth-order valence-corrected chi connectivity index (χ4v) is 4.37. The van der Waals surface area contributed by atoms with Gasteiger partial charge in [0.1, 0.15) is 5.82 Å². The molecule has 0 spiro atoms. The van der Waals surface area contributed by atoms with Crippen molar-refractivity contribution in [3.05, 3.63) is 42.1 Å². The Bertz CT molecular complexity index is 1120. The van der Waals surface area contributed by atoms with Gasteiger partial charge in [-0.05, 0) is 33.3 Å². The molecular weight excluding hydrogens is 428 g/mol. The molecule has 2 N–H and O–H groups in total. The minimum Gasteiger partial charge on any atom is -0.368 e. The molecular formula is C25H38N8O. The van der Waals surface area contributed by atoms with Crippen molar-refractivity contribution >= 4 is 29.0 Å². The highest BCUT2D eigenvalue weighted by Crippen LogP contribution is 2.35. The zero-order chi connectivity index (χ0) is 24.9. The van der Waals surface area contributed by atoms with Crippen LogP contribution in [0.1, 0.15) is 52.8 Å². The third-order valence-electron chi connectivity index (χ3n) is 5.69. The van der Waals surface area contributed by atoms with E-state index in [2.05, 4.69) is 50.4 Å². The number of hydrogen-bond acceptors (Lipinski definition) is 6. The molecule has 1 fully saturated rings. The maximum atomic E-state index is 13.0. The van der Waals surface area contributed by atoms with Crippen LogP contribution in [0.15, 0.2) is 30.9 Å². The number of amides is 2. The maximum Gasteiger partial charge on any atom is 0.327 e. The van der Waals surface area contributed by atoms with Gasteiger partial charge in [0.2, 0.25) is 5.78 Å². The molecule has 34 heavy (non-hydrogen) atoms. The summed E-state index contributed by atoms with van der Waals surface area (Å²) in [5.41, 5.74) is 3.89. The summed E-state index contributed by atoms with van der Waals surface area (Å²) < 4.78 is 1.81. The predicted octanol–water partition coefficient (Wildman–Crippen LogP) is 4.27. The van der Waals surface area contributed by atoms with Gasteiger partial charge in [0, 0.05) is 61.6 Å². The van der Waals surface area contributed by atoms with Crippen LogP contribution in [-0.4, -0.2) is 57.1 Å². The molecule has 2 amide bonds. The number of fused-ring (bicyclic) bond motifs is 2. The van der Waals surface area contributed by atoms with Crippen molar-refractivity contribution in [2.24, 2.45) is 0 Å². The van der Waals surface area contributed by atoms with Crippen molar-refractivity contribution in [1.29, 1.82) is 0 Å². The molecule has 5 rings (SSSR count). The lowest BCUT2D eigenvalue weighted by Gasteiger charge is -2.41. The number of carbonyl (C=O) groups excluding carboxylic acids is 1. The van der Waals surface area contributed by atoms with Gasteiger partial charge in [-0.1, -0.05) is 27.7 Å². The van der Waals surface area contributed by atoms with Crippen LogP contribution in [0.4, 0.5) is 22.0 Å². The van der Waals surface area contributed by atoms with Crippen LogP contribution in [0.3, 0.4) is 0 Å². The Morgan fingerprint density at radius 2 is 1.88 bits per heavy atom. The molecule has 5 heterocycles. The van der Waals surface area contributed by atoms with Gasteiger partial charge in [-0.25, -0.2) is 19.7 Å². The number of aromatic nitrogens is 4. The molecule has 9 heteroatoms. The van der Waals surface area contributed by atoms with E-state index in [0.717, 1.165) is 43.1 Å². The molecule has 0 aromatic carbocycles. The number of anilines is 3. The van der Waals surface area contributed by atoms with E-state index in [9.17, 15) is 4.79 Å². The molecule has 184 valence electrons. The van der Waals surface area contributed by atoms with Gasteiger partial charge in [-0.3, -0.25) is 9.30 Å². The number of carbonyl (C=O) groups is 1. The highest BCUT2D eigenvalue weighted by Gasteiger charge is 2.32. The zero-order valence-electron chi connectivity index (χ0n) is 21.5. The number of aryl methyl sites for hydroxylation is 1. The van der Waals surface area contributed by atoms with Crippen LogP contribution in [-0.2, 0) is 6.42 Å². The van der Waals surface area contributed by atoms with Gasteiger partial charge in [-0.15, -0.1) is 0 Å². The first-order valence-electron chi connectivity index (χ1n) is 12.3. The second-order valence-electron chi connectivity index (χ2n) is 8.63. The van der Waals surface area contributed by atoms with E-state index in [1.807, 2.05) is 51.4 Å². The molecule has 3 aromatic rings. The van der Waals surface area contributed by atoms with E-state index >= 15 is 0 Å². The second-order valence-corrected chi connectivity index (χ2v) is 8.63. The molecule has 9 nitrogen and oxygen atoms in total. The average molecular weight is 467 g/mol. The minimum absolute atomic E-state index is 0.0569. The molecule has 0 aliphatic carbocycles. The Morgan fingerprint density at radius 1 is 1.12 bits per heavy atom. The molecule has 2 aliphatic heterocycles. The molecule has 0 atom stereocenters. The predicted molar refractivity (Wildman–Crippen MR) is 139 cm³/mol. The minimum atomic E-state index is -0.197. The van der Waals surface area contributed by atoms with E-state index < -0.39 is 0 Å². The summed E-state index contributed by atoms with van der Waals surface area (Å²) in [7, 11) is 0. The van der Waals surface area contributed by atoms with Gasteiger partial charge in [0.25, 0.3) is 0 Å². The Kier molecular flexibility index (Phi) is 8.09. The topological polar surface area (TPSA) is 90.7 Å². The van der Waals surface area contributed by atoms with E-state index in [1.165, 1.54) is 5.69 Å². The number of nitrogens with zero attached hydrogens (tertiary/aromatic N) is 6. The largest absolute Gasteiger partial charge is 0.368 e. The van der Waals surface area contributed by atoms with Gasteiger partial charge >= 0.3 is 6.03 Å². The Hall–Kier alpha value is -3.20. The SMILES string of the molecule is CC.CC.Cc1cn2cc(NC(=O)N3CCc4c(N5CCNC(C)(C)C5)ccnc43)cnc2n1. The third-order valence-corrected chi connectivity index (χ3v) is 5.69. The number of pyridine rings is 1.